The molecule has 3 rings (SSSR count). The Bertz CT molecular complexity index is 824. The zero-order chi connectivity index (χ0) is 16.4. The number of rotatable bonds is 4. The van der Waals surface area contributed by atoms with E-state index in [0.29, 0.717) is 11.0 Å². The SMILES string of the molecule is CC(C)C(=O)Nc1nc(-c2ccccc2)c(-c2nnn(C)n2)s1. The van der Waals surface area contributed by atoms with Crippen molar-refractivity contribution in [3.8, 4) is 22.0 Å². The fourth-order valence-electron chi connectivity index (χ4n) is 1.94. The average molecular weight is 328 g/mol. The highest BCUT2D eigenvalue weighted by molar-refractivity contribution is 7.19. The van der Waals surface area contributed by atoms with Gasteiger partial charge >= 0.3 is 0 Å². The number of nitrogens with zero attached hydrogens (tertiary/aromatic N) is 5. The highest BCUT2D eigenvalue weighted by atomic mass is 32.1. The molecule has 0 fully saturated rings. The fourth-order valence-corrected chi connectivity index (χ4v) is 2.86. The molecular formula is C15H16N6OS. The lowest BCUT2D eigenvalue weighted by Crippen LogP contribution is -2.17. The van der Waals surface area contributed by atoms with Crippen molar-refractivity contribution < 1.29 is 4.79 Å². The summed E-state index contributed by atoms with van der Waals surface area (Å²) in [7, 11) is 1.71. The molecule has 1 N–H and O–H groups in total. The topological polar surface area (TPSA) is 85.6 Å². The van der Waals surface area contributed by atoms with Crippen LogP contribution in [0.1, 0.15) is 13.8 Å². The van der Waals surface area contributed by atoms with E-state index in [2.05, 4.69) is 25.7 Å². The summed E-state index contributed by atoms with van der Waals surface area (Å²) < 4.78 is 0. The third kappa shape index (κ3) is 3.26. The van der Waals surface area contributed by atoms with Gasteiger partial charge in [0.05, 0.1) is 12.7 Å². The van der Waals surface area contributed by atoms with Crippen LogP contribution in [0.4, 0.5) is 5.13 Å². The number of aromatic nitrogens is 5. The van der Waals surface area contributed by atoms with Gasteiger partial charge in [-0.05, 0) is 5.21 Å². The van der Waals surface area contributed by atoms with Crippen molar-refractivity contribution in [2.45, 2.75) is 13.8 Å². The molecule has 0 aliphatic heterocycles. The zero-order valence-corrected chi connectivity index (χ0v) is 13.8. The minimum Gasteiger partial charge on any atom is -0.302 e. The lowest BCUT2D eigenvalue weighted by atomic mass is 10.1. The quantitative estimate of drug-likeness (QED) is 0.795. The molecular weight excluding hydrogens is 312 g/mol. The summed E-state index contributed by atoms with van der Waals surface area (Å²) >= 11 is 1.35. The second-order valence-corrected chi connectivity index (χ2v) is 6.31. The Morgan fingerprint density at radius 2 is 2.00 bits per heavy atom. The van der Waals surface area contributed by atoms with Gasteiger partial charge in [-0.1, -0.05) is 55.5 Å². The molecule has 8 heteroatoms. The number of tetrazole rings is 1. The Balaban J connectivity index is 2.05. The van der Waals surface area contributed by atoms with Gasteiger partial charge in [0.2, 0.25) is 11.7 Å². The summed E-state index contributed by atoms with van der Waals surface area (Å²) in [6, 6.07) is 9.74. The van der Waals surface area contributed by atoms with Gasteiger partial charge in [-0.25, -0.2) is 4.98 Å². The van der Waals surface area contributed by atoms with Gasteiger partial charge in [0.15, 0.2) is 5.13 Å². The molecule has 118 valence electrons. The lowest BCUT2D eigenvalue weighted by Gasteiger charge is -2.03. The number of aryl methyl sites for hydroxylation is 1. The van der Waals surface area contributed by atoms with Gasteiger partial charge in [-0.2, -0.15) is 4.80 Å². The summed E-state index contributed by atoms with van der Waals surface area (Å²) in [5.41, 5.74) is 1.68. The standard InChI is InChI=1S/C15H16N6OS/c1-9(2)14(22)17-15-16-11(10-7-5-4-6-8-10)12(23-15)13-18-20-21(3)19-13/h4-9H,1-3H3,(H,16,17,22). The number of nitrogens with one attached hydrogen (secondary N) is 1. The number of hydrogen-bond donors (Lipinski definition) is 1. The molecule has 1 aromatic carbocycles. The molecule has 23 heavy (non-hydrogen) atoms. The lowest BCUT2D eigenvalue weighted by molar-refractivity contribution is -0.118. The summed E-state index contributed by atoms with van der Waals surface area (Å²) in [4.78, 5) is 18.7. The number of benzene rings is 1. The summed E-state index contributed by atoms with van der Waals surface area (Å²) in [5.74, 6) is 0.308. The molecule has 3 aromatic rings. The van der Waals surface area contributed by atoms with Crippen molar-refractivity contribution in [3.05, 3.63) is 30.3 Å². The minimum absolute atomic E-state index is 0.0722. The molecule has 0 saturated heterocycles. The third-order valence-electron chi connectivity index (χ3n) is 3.14. The van der Waals surface area contributed by atoms with Crippen LogP contribution in [0.2, 0.25) is 0 Å². The number of carbonyl (C=O) groups excluding carboxylic acids is 1. The van der Waals surface area contributed by atoms with Crippen molar-refractivity contribution >= 4 is 22.4 Å². The van der Waals surface area contributed by atoms with Crippen LogP contribution < -0.4 is 5.32 Å². The maximum absolute atomic E-state index is 11.9. The molecule has 2 heterocycles. The average Bonchev–Trinajstić information content (AvgIpc) is 3.14. The summed E-state index contributed by atoms with van der Waals surface area (Å²) in [6.07, 6.45) is 0. The Kier molecular flexibility index (Phi) is 4.16. The Morgan fingerprint density at radius 3 is 2.61 bits per heavy atom. The van der Waals surface area contributed by atoms with Crippen molar-refractivity contribution in [2.75, 3.05) is 5.32 Å². The predicted octanol–water partition coefficient (Wildman–Crippen LogP) is 2.60. The Hall–Kier alpha value is -2.61. The number of amides is 1. The van der Waals surface area contributed by atoms with E-state index in [9.17, 15) is 4.79 Å². The molecule has 0 saturated carbocycles. The smallest absolute Gasteiger partial charge is 0.228 e. The highest BCUT2D eigenvalue weighted by Gasteiger charge is 2.20. The molecule has 7 nitrogen and oxygen atoms in total. The molecule has 0 aliphatic rings. The van der Waals surface area contributed by atoms with Crippen molar-refractivity contribution in [3.63, 3.8) is 0 Å². The fraction of sp³-hybridized carbons (Fsp3) is 0.267. The third-order valence-corrected chi connectivity index (χ3v) is 4.11. The van der Waals surface area contributed by atoms with E-state index in [1.807, 2.05) is 44.2 Å². The molecule has 0 spiro atoms. The Morgan fingerprint density at radius 1 is 1.26 bits per heavy atom. The molecule has 2 aromatic heterocycles. The number of anilines is 1. The van der Waals surface area contributed by atoms with E-state index in [4.69, 9.17) is 0 Å². The van der Waals surface area contributed by atoms with Gasteiger partial charge < -0.3 is 5.32 Å². The second-order valence-electron chi connectivity index (χ2n) is 5.31. The zero-order valence-electron chi connectivity index (χ0n) is 13.0. The molecule has 0 atom stereocenters. The van der Waals surface area contributed by atoms with Crippen LogP contribution in [0.3, 0.4) is 0 Å². The first kappa shape index (κ1) is 15.3. The van der Waals surface area contributed by atoms with E-state index < -0.39 is 0 Å². The number of hydrogen-bond acceptors (Lipinski definition) is 6. The Labute approximate surface area is 137 Å². The first-order valence-electron chi connectivity index (χ1n) is 7.16. The minimum atomic E-state index is -0.114. The highest BCUT2D eigenvalue weighted by Crippen LogP contribution is 2.37. The maximum atomic E-state index is 11.9. The van der Waals surface area contributed by atoms with Crippen LogP contribution in [0.15, 0.2) is 30.3 Å². The monoisotopic (exact) mass is 328 g/mol. The maximum Gasteiger partial charge on any atom is 0.228 e. The predicted molar refractivity (Wildman–Crippen MR) is 88.8 cm³/mol. The summed E-state index contributed by atoms with van der Waals surface area (Å²) in [6.45, 7) is 3.68. The summed E-state index contributed by atoms with van der Waals surface area (Å²) in [5, 5.41) is 15.5. The van der Waals surface area contributed by atoms with E-state index in [-0.39, 0.29) is 11.8 Å². The van der Waals surface area contributed by atoms with Crippen LogP contribution in [-0.2, 0) is 11.8 Å². The van der Waals surface area contributed by atoms with E-state index in [1.165, 1.54) is 16.1 Å². The molecule has 0 radical (unpaired) electrons. The van der Waals surface area contributed by atoms with Crippen LogP contribution in [0, 0.1) is 5.92 Å². The largest absolute Gasteiger partial charge is 0.302 e. The van der Waals surface area contributed by atoms with Gasteiger partial charge in [0.25, 0.3) is 0 Å². The van der Waals surface area contributed by atoms with Crippen LogP contribution in [0.5, 0.6) is 0 Å². The van der Waals surface area contributed by atoms with Gasteiger partial charge in [-0.3, -0.25) is 4.79 Å². The molecule has 0 aliphatic carbocycles. The molecule has 1 amide bonds. The molecule has 0 bridgehead atoms. The van der Waals surface area contributed by atoms with Crippen molar-refractivity contribution in [2.24, 2.45) is 13.0 Å². The van der Waals surface area contributed by atoms with Gasteiger partial charge in [-0.15, -0.1) is 10.2 Å². The van der Waals surface area contributed by atoms with Crippen molar-refractivity contribution in [1.29, 1.82) is 0 Å². The number of thiazole rings is 1. The van der Waals surface area contributed by atoms with E-state index in [0.717, 1.165) is 16.1 Å². The van der Waals surface area contributed by atoms with Crippen LogP contribution in [0.25, 0.3) is 22.0 Å². The first-order valence-corrected chi connectivity index (χ1v) is 7.97. The van der Waals surface area contributed by atoms with Gasteiger partial charge in [0.1, 0.15) is 4.88 Å². The van der Waals surface area contributed by atoms with Crippen molar-refractivity contribution in [1.82, 2.24) is 25.2 Å². The van der Waals surface area contributed by atoms with E-state index in [1.54, 1.807) is 7.05 Å². The first-order chi connectivity index (χ1) is 11.0. The van der Waals surface area contributed by atoms with Crippen LogP contribution in [-0.4, -0.2) is 31.1 Å². The second kappa shape index (κ2) is 6.25. The van der Waals surface area contributed by atoms with Gasteiger partial charge in [0, 0.05) is 11.5 Å². The number of carbonyl (C=O) groups is 1. The van der Waals surface area contributed by atoms with E-state index >= 15 is 0 Å². The normalized spacial score (nSPS) is 11.0. The molecule has 0 unspecified atom stereocenters. The van der Waals surface area contributed by atoms with Crippen LogP contribution >= 0.6 is 11.3 Å².